The smallest absolute Gasteiger partial charge is 0.146 e. The number of benzene rings is 2. The van der Waals surface area contributed by atoms with Crippen LogP contribution in [0, 0.1) is 5.82 Å². The maximum atomic E-state index is 14.1. The van der Waals surface area contributed by atoms with E-state index in [9.17, 15) is 4.39 Å². The number of pyridine rings is 1. The molecule has 30 heavy (non-hydrogen) atoms. The highest BCUT2D eigenvalue weighted by molar-refractivity contribution is 5.81. The van der Waals surface area contributed by atoms with Crippen molar-refractivity contribution >= 4 is 16.6 Å². The summed E-state index contributed by atoms with van der Waals surface area (Å²) in [5.41, 5.74) is 3.18. The first-order chi connectivity index (χ1) is 14.8. The summed E-state index contributed by atoms with van der Waals surface area (Å²) in [6, 6.07) is 18.4. The highest BCUT2D eigenvalue weighted by atomic mass is 19.1. The molecule has 0 spiro atoms. The molecule has 1 aromatic heterocycles. The first kappa shape index (κ1) is 19.5. The Balaban J connectivity index is 1.21. The van der Waals surface area contributed by atoms with Crippen molar-refractivity contribution in [2.45, 2.75) is 25.4 Å². The predicted octanol–water partition coefficient (Wildman–Crippen LogP) is 4.16. The summed E-state index contributed by atoms with van der Waals surface area (Å²) in [6.07, 6.45) is 4.38. The molecule has 2 fully saturated rings. The number of piperidine rings is 1. The third kappa shape index (κ3) is 4.05. The fourth-order valence-corrected chi connectivity index (χ4v) is 5.04. The molecule has 3 heterocycles. The lowest BCUT2D eigenvalue weighted by atomic mass is 10.0. The zero-order valence-corrected chi connectivity index (χ0v) is 17.4. The van der Waals surface area contributed by atoms with Crippen molar-refractivity contribution in [3.8, 4) is 0 Å². The number of hydrogen-bond acceptors (Lipinski definition) is 4. The maximum absolute atomic E-state index is 14.1. The summed E-state index contributed by atoms with van der Waals surface area (Å²) < 4.78 is 14.1. The number of rotatable bonds is 4. The van der Waals surface area contributed by atoms with Crippen LogP contribution in [0.25, 0.3) is 10.9 Å². The van der Waals surface area contributed by atoms with Crippen LogP contribution in [-0.2, 0) is 6.54 Å². The summed E-state index contributed by atoms with van der Waals surface area (Å²) in [5.74, 6) is -0.113. The van der Waals surface area contributed by atoms with Gasteiger partial charge in [-0.25, -0.2) is 4.39 Å². The molecule has 0 aliphatic carbocycles. The fraction of sp³-hybridized carbons (Fsp3) is 0.400. The number of fused-ring (bicyclic) bond motifs is 1. The second-order valence-electron chi connectivity index (χ2n) is 8.50. The number of para-hydroxylation sites is 2. The van der Waals surface area contributed by atoms with Crippen LogP contribution in [-0.4, -0.2) is 60.1 Å². The van der Waals surface area contributed by atoms with Crippen molar-refractivity contribution in [2.75, 3.05) is 44.2 Å². The minimum atomic E-state index is -0.113. The first-order valence-electron chi connectivity index (χ1n) is 11.1. The molecule has 0 N–H and O–H groups in total. The number of hydrogen-bond donors (Lipinski definition) is 0. The van der Waals surface area contributed by atoms with Gasteiger partial charge in [-0.05, 0) is 43.1 Å². The molecule has 0 amide bonds. The van der Waals surface area contributed by atoms with E-state index >= 15 is 0 Å². The molecular formula is C25H29FN4. The third-order valence-electron chi connectivity index (χ3n) is 6.61. The number of anilines is 1. The second kappa shape index (κ2) is 8.70. The van der Waals surface area contributed by atoms with Crippen molar-refractivity contribution in [3.05, 3.63) is 72.2 Å². The summed E-state index contributed by atoms with van der Waals surface area (Å²) in [4.78, 5) is 12.0. The Hall–Kier alpha value is -2.50. The highest BCUT2D eigenvalue weighted by Gasteiger charge is 2.28. The maximum Gasteiger partial charge on any atom is 0.146 e. The molecule has 2 saturated heterocycles. The van der Waals surface area contributed by atoms with E-state index in [-0.39, 0.29) is 5.82 Å². The average molecular weight is 405 g/mol. The van der Waals surface area contributed by atoms with Gasteiger partial charge in [0.15, 0.2) is 0 Å². The Bertz CT molecular complexity index is 994. The van der Waals surface area contributed by atoms with Gasteiger partial charge < -0.3 is 4.90 Å². The van der Waals surface area contributed by atoms with E-state index in [1.165, 1.54) is 23.8 Å². The molecule has 0 bridgehead atoms. The van der Waals surface area contributed by atoms with E-state index in [0.29, 0.717) is 6.04 Å². The minimum absolute atomic E-state index is 0.113. The van der Waals surface area contributed by atoms with Crippen LogP contribution >= 0.6 is 0 Å². The average Bonchev–Trinajstić information content (AvgIpc) is 2.80. The number of likely N-dealkylation sites (tertiary alicyclic amines) is 1. The highest BCUT2D eigenvalue weighted by Crippen LogP contribution is 2.25. The van der Waals surface area contributed by atoms with Gasteiger partial charge in [-0.2, -0.15) is 0 Å². The minimum Gasteiger partial charge on any atom is -0.367 e. The number of piperazine rings is 1. The van der Waals surface area contributed by atoms with E-state index in [0.717, 1.165) is 57.0 Å². The number of halogens is 1. The summed E-state index contributed by atoms with van der Waals surface area (Å²) in [7, 11) is 0. The lowest BCUT2D eigenvalue weighted by Crippen LogP contribution is -2.55. The molecule has 5 rings (SSSR count). The fourth-order valence-electron chi connectivity index (χ4n) is 5.04. The SMILES string of the molecule is Fc1ccccc1N1CCN([C@@H]2CCCN(Cc3cccc4cccnc34)C2)CC1. The van der Waals surface area contributed by atoms with Crippen LogP contribution < -0.4 is 4.90 Å². The molecule has 3 aromatic rings. The quantitative estimate of drug-likeness (QED) is 0.651. The van der Waals surface area contributed by atoms with Crippen molar-refractivity contribution < 1.29 is 4.39 Å². The zero-order valence-electron chi connectivity index (χ0n) is 17.4. The largest absolute Gasteiger partial charge is 0.367 e. The molecule has 0 saturated carbocycles. The van der Waals surface area contributed by atoms with Crippen LogP contribution in [0.1, 0.15) is 18.4 Å². The zero-order chi connectivity index (χ0) is 20.3. The summed E-state index contributed by atoms with van der Waals surface area (Å²) in [6.45, 7) is 7.00. The molecule has 2 aromatic carbocycles. The van der Waals surface area contributed by atoms with Crippen LogP contribution in [0.5, 0.6) is 0 Å². The van der Waals surface area contributed by atoms with Gasteiger partial charge in [0.1, 0.15) is 5.82 Å². The van der Waals surface area contributed by atoms with E-state index in [2.05, 4.69) is 43.9 Å². The lowest BCUT2D eigenvalue weighted by Gasteiger charge is -2.44. The molecule has 4 nitrogen and oxygen atoms in total. The van der Waals surface area contributed by atoms with E-state index in [1.807, 2.05) is 24.4 Å². The molecule has 0 unspecified atom stereocenters. The molecule has 0 radical (unpaired) electrons. The Labute approximate surface area is 177 Å². The van der Waals surface area contributed by atoms with E-state index in [4.69, 9.17) is 0 Å². The monoisotopic (exact) mass is 404 g/mol. The van der Waals surface area contributed by atoms with Crippen molar-refractivity contribution in [2.24, 2.45) is 0 Å². The van der Waals surface area contributed by atoms with E-state index in [1.54, 1.807) is 12.1 Å². The van der Waals surface area contributed by atoms with Gasteiger partial charge in [-0.15, -0.1) is 0 Å². The van der Waals surface area contributed by atoms with Crippen molar-refractivity contribution in [3.63, 3.8) is 0 Å². The molecule has 1 atom stereocenters. The van der Waals surface area contributed by atoms with E-state index < -0.39 is 0 Å². The van der Waals surface area contributed by atoms with Gasteiger partial charge in [0.05, 0.1) is 11.2 Å². The van der Waals surface area contributed by atoms with Crippen LogP contribution in [0.3, 0.4) is 0 Å². The standard InChI is InChI=1S/C25H29FN4/c26-23-10-1-2-11-24(23)30-16-14-29(15-17-30)22-9-5-13-28(19-22)18-21-7-3-6-20-8-4-12-27-25(20)21/h1-4,6-8,10-12,22H,5,9,13-19H2/t22-/m1/s1. The lowest BCUT2D eigenvalue weighted by molar-refractivity contribution is 0.0889. The summed E-state index contributed by atoms with van der Waals surface area (Å²) >= 11 is 0. The Morgan fingerprint density at radius 2 is 1.73 bits per heavy atom. The molecule has 2 aliphatic rings. The van der Waals surface area contributed by atoms with Gasteiger partial charge in [0.2, 0.25) is 0 Å². The molecular weight excluding hydrogens is 375 g/mol. The van der Waals surface area contributed by atoms with Crippen molar-refractivity contribution in [1.82, 2.24) is 14.8 Å². The predicted molar refractivity (Wildman–Crippen MR) is 120 cm³/mol. The summed E-state index contributed by atoms with van der Waals surface area (Å²) in [5, 5.41) is 1.22. The Morgan fingerprint density at radius 3 is 2.60 bits per heavy atom. The Morgan fingerprint density at radius 1 is 0.900 bits per heavy atom. The van der Waals surface area contributed by atoms with Crippen molar-refractivity contribution in [1.29, 1.82) is 0 Å². The topological polar surface area (TPSA) is 22.6 Å². The van der Waals surface area contributed by atoms with Crippen LogP contribution in [0.15, 0.2) is 60.8 Å². The molecule has 5 heteroatoms. The normalized spacial score (nSPS) is 21.2. The molecule has 156 valence electrons. The van der Waals surface area contributed by atoms with Gasteiger partial charge in [0, 0.05) is 56.9 Å². The third-order valence-corrected chi connectivity index (χ3v) is 6.61. The first-order valence-corrected chi connectivity index (χ1v) is 11.1. The van der Waals surface area contributed by atoms with Gasteiger partial charge >= 0.3 is 0 Å². The molecule has 2 aliphatic heterocycles. The second-order valence-corrected chi connectivity index (χ2v) is 8.50. The van der Waals surface area contributed by atoms with Gasteiger partial charge in [0.25, 0.3) is 0 Å². The number of nitrogens with zero attached hydrogens (tertiary/aromatic N) is 4. The van der Waals surface area contributed by atoms with Crippen LogP contribution in [0.2, 0.25) is 0 Å². The van der Waals surface area contributed by atoms with Crippen LogP contribution in [0.4, 0.5) is 10.1 Å². The Kier molecular flexibility index (Phi) is 5.65. The van der Waals surface area contributed by atoms with Gasteiger partial charge in [-0.3, -0.25) is 14.8 Å². The van der Waals surface area contributed by atoms with Gasteiger partial charge in [-0.1, -0.05) is 36.4 Å². The number of aromatic nitrogens is 1.